The van der Waals surface area contributed by atoms with Crippen LogP contribution in [0, 0.1) is 0 Å². The molecule has 0 aliphatic heterocycles. The number of primary amides is 1. The van der Waals surface area contributed by atoms with E-state index in [4.69, 9.17) is 15.2 Å². The van der Waals surface area contributed by atoms with Crippen molar-refractivity contribution in [3.8, 4) is 11.5 Å². The highest BCUT2D eigenvalue weighted by molar-refractivity contribution is 5.82. The topological polar surface area (TPSA) is 85.9 Å². The first-order valence-electron chi connectivity index (χ1n) is 8.77. The second-order valence-electron chi connectivity index (χ2n) is 5.99. The molecule has 0 saturated heterocycles. The second kappa shape index (κ2) is 9.78. The smallest absolute Gasteiger partial charge is 0.332 e. The Labute approximate surface area is 163 Å². The lowest BCUT2D eigenvalue weighted by molar-refractivity contribution is 0.249. The van der Waals surface area contributed by atoms with Gasteiger partial charge in [-0.3, -0.25) is 0 Å². The quantitative estimate of drug-likeness (QED) is 0.463. The van der Waals surface area contributed by atoms with Crippen LogP contribution in [0.2, 0.25) is 0 Å². The van der Waals surface area contributed by atoms with Crippen LogP contribution < -0.4 is 20.6 Å². The van der Waals surface area contributed by atoms with Gasteiger partial charge in [-0.25, -0.2) is 10.2 Å². The van der Waals surface area contributed by atoms with E-state index >= 15 is 0 Å². The van der Waals surface area contributed by atoms with E-state index in [9.17, 15) is 4.79 Å². The largest absolute Gasteiger partial charge is 0.485 e. The molecule has 0 heterocycles. The summed E-state index contributed by atoms with van der Waals surface area (Å²) in [7, 11) is 0. The van der Waals surface area contributed by atoms with Crippen LogP contribution in [0.25, 0.3) is 0 Å². The summed E-state index contributed by atoms with van der Waals surface area (Å²) in [5, 5.41) is 3.78. The molecule has 3 aromatic rings. The number of nitrogens with two attached hydrogens (primary N) is 1. The highest BCUT2D eigenvalue weighted by Crippen LogP contribution is 2.29. The van der Waals surface area contributed by atoms with Crippen LogP contribution in [-0.2, 0) is 13.2 Å². The van der Waals surface area contributed by atoms with Gasteiger partial charge in [-0.2, -0.15) is 5.10 Å². The summed E-state index contributed by atoms with van der Waals surface area (Å²) in [5.41, 5.74) is 10.0. The normalized spacial score (nSPS) is 10.6. The van der Waals surface area contributed by atoms with E-state index in [-0.39, 0.29) is 0 Å². The number of hydrogen-bond acceptors (Lipinski definition) is 4. The predicted octanol–water partition coefficient (Wildman–Crippen LogP) is 3.85. The summed E-state index contributed by atoms with van der Waals surface area (Å²) in [4.78, 5) is 10.7. The van der Waals surface area contributed by atoms with Crippen LogP contribution >= 0.6 is 0 Å². The number of ether oxygens (including phenoxy) is 2. The molecule has 3 aromatic carbocycles. The Kier molecular flexibility index (Phi) is 6.62. The Morgan fingerprint density at radius 2 is 1.43 bits per heavy atom. The molecule has 3 N–H and O–H groups in total. The lowest BCUT2D eigenvalue weighted by Crippen LogP contribution is -2.24. The van der Waals surface area contributed by atoms with Crippen molar-refractivity contribution in [1.82, 2.24) is 5.43 Å². The third-order valence-corrected chi connectivity index (χ3v) is 3.83. The summed E-state index contributed by atoms with van der Waals surface area (Å²) in [6.45, 7) is 0.835. The van der Waals surface area contributed by atoms with Gasteiger partial charge in [-0.1, -0.05) is 60.7 Å². The second-order valence-corrected chi connectivity index (χ2v) is 5.99. The fourth-order valence-corrected chi connectivity index (χ4v) is 2.48. The van der Waals surface area contributed by atoms with Gasteiger partial charge in [0.25, 0.3) is 0 Å². The minimum Gasteiger partial charge on any atom is -0.485 e. The third kappa shape index (κ3) is 5.88. The van der Waals surface area contributed by atoms with Crippen molar-refractivity contribution in [2.75, 3.05) is 0 Å². The van der Waals surface area contributed by atoms with Crippen molar-refractivity contribution in [2.45, 2.75) is 13.2 Å². The molecule has 28 heavy (non-hydrogen) atoms. The summed E-state index contributed by atoms with van der Waals surface area (Å²) in [6, 6.07) is 24.5. The maximum Gasteiger partial charge on any atom is 0.332 e. The van der Waals surface area contributed by atoms with E-state index in [1.54, 1.807) is 6.07 Å². The maximum absolute atomic E-state index is 10.7. The molecule has 0 saturated carbocycles. The number of amides is 2. The Morgan fingerprint density at radius 3 is 2.00 bits per heavy atom. The van der Waals surface area contributed by atoms with Crippen LogP contribution in [0.15, 0.2) is 84.0 Å². The van der Waals surface area contributed by atoms with Gasteiger partial charge < -0.3 is 15.2 Å². The molecule has 0 fully saturated rings. The lowest BCUT2D eigenvalue weighted by atomic mass is 10.2. The fourth-order valence-electron chi connectivity index (χ4n) is 2.48. The molecular weight excluding hydrogens is 354 g/mol. The number of hydrogen-bond donors (Lipinski definition) is 2. The minimum absolute atomic E-state index is 0.405. The summed E-state index contributed by atoms with van der Waals surface area (Å²) < 4.78 is 11.9. The van der Waals surface area contributed by atoms with Crippen LogP contribution in [-0.4, -0.2) is 12.2 Å². The average molecular weight is 375 g/mol. The molecule has 0 atom stereocenters. The Bertz CT molecular complexity index is 928. The zero-order chi connectivity index (χ0) is 19.6. The number of benzene rings is 3. The molecule has 0 bridgehead atoms. The Morgan fingerprint density at radius 1 is 0.857 bits per heavy atom. The van der Waals surface area contributed by atoms with E-state index in [2.05, 4.69) is 10.5 Å². The molecule has 0 radical (unpaired) electrons. The van der Waals surface area contributed by atoms with E-state index in [1.165, 1.54) is 6.21 Å². The van der Waals surface area contributed by atoms with Gasteiger partial charge in [0.15, 0.2) is 11.5 Å². The molecular formula is C22H21N3O3. The number of nitrogens with one attached hydrogen (secondary N) is 1. The first kappa shape index (κ1) is 19.0. The monoisotopic (exact) mass is 375 g/mol. The lowest BCUT2D eigenvalue weighted by Gasteiger charge is -2.14. The molecule has 0 unspecified atom stereocenters. The summed E-state index contributed by atoms with van der Waals surface area (Å²) in [5.74, 6) is 1.21. The Balaban J connectivity index is 1.76. The molecule has 2 amide bonds. The SMILES string of the molecule is NC(=O)NN=Cc1ccc(OCc2ccccc2)c(OCc2ccccc2)c1. The van der Waals surface area contributed by atoms with Gasteiger partial charge in [0.1, 0.15) is 13.2 Å². The molecule has 0 spiro atoms. The van der Waals surface area contributed by atoms with Gasteiger partial charge >= 0.3 is 6.03 Å². The number of carbonyl (C=O) groups is 1. The molecule has 3 rings (SSSR count). The Hall–Kier alpha value is -3.80. The van der Waals surface area contributed by atoms with E-state index in [1.807, 2.05) is 72.8 Å². The minimum atomic E-state index is -0.723. The van der Waals surface area contributed by atoms with Crippen LogP contribution in [0.3, 0.4) is 0 Å². The van der Waals surface area contributed by atoms with Crippen molar-refractivity contribution in [1.29, 1.82) is 0 Å². The third-order valence-electron chi connectivity index (χ3n) is 3.83. The zero-order valence-electron chi connectivity index (χ0n) is 15.2. The van der Waals surface area contributed by atoms with E-state index in [0.29, 0.717) is 24.7 Å². The number of rotatable bonds is 8. The summed E-state index contributed by atoms with van der Waals surface area (Å²) >= 11 is 0. The zero-order valence-corrected chi connectivity index (χ0v) is 15.2. The highest BCUT2D eigenvalue weighted by atomic mass is 16.5. The van der Waals surface area contributed by atoms with Crippen LogP contribution in [0.5, 0.6) is 11.5 Å². The van der Waals surface area contributed by atoms with E-state index in [0.717, 1.165) is 16.7 Å². The van der Waals surface area contributed by atoms with Gasteiger partial charge in [-0.15, -0.1) is 0 Å². The van der Waals surface area contributed by atoms with Crippen molar-refractivity contribution >= 4 is 12.2 Å². The van der Waals surface area contributed by atoms with Gasteiger partial charge in [0, 0.05) is 0 Å². The van der Waals surface area contributed by atoms with Crippen molar-refractivity contribution in [3.05, 3.63) is 95.6 Å². The first-order chi connectivity index (χ1) is 13.7. The van der Waals surface area contributed by atoms with Gasteiger partial charge in [-0.05, 0) is 34.9 Å². The number of nitrogens with zero attached hydrogens (tertiary/aromatic N) is 1. The predicted molar refractivity (Wildman–Crippen MR) is 108 cm³/mol. The molecule has 0 aromatic heterocycles. The number of carbonyl (C=O) groups excluding carboxylic acids is 1. The van der Waals surface area contributed by atoms with Gasteiger partial charge in [0.05, 0.1) is 6.21 Å². The first-order valence-corrected chi connectivity index (χ1v) is 8.77. The van der Waals surface area contributed by atoms with Crippen molar-refractivity contribution in [3.63, 3.8) is 0 Å². The standard InChI is InChI=1S/C22H21N3O3/c23-22(26)25-24-14-19-11-12-20(27-15-17-7-3-1-4-8-17)21(13-19)28-16-18-9-5-2-6-10-18/h1-14H,15-16H2,(H3,23,25,26). The number of hydrazone groups is 1. The fraction of sp³-hybridized carbons (Fsp3) is 0.0909. The van der Waals surface area contributed by atoms with Gasteiger partial charge in [0.2, 0.25) is 0 Å². The van der Waals surface area contributed by atoms with Crippen LogP contribution in [0.1, 0.15) is 16.7 Å². The highest BCUT2D eigenvalue weighted by Gasteiger charge is 2.08. The molecule has 6 heteroatoms. The molecule has 142 valence electrons. The average Bonchev–Trinajstić information content (AvgIpc) is 2.73. The van der Waals surface area contributed by atoms with Crippen molar-refractivity contribution < 1.29 is 14.3 Å². The summed E-state index contributed by atoms with van der Waals surface area (Å²) in [6.07, 6.45) is 1.49. The van der Waals surface area contributed by atoms with Crippen molar-refractivity contribution in [2.24, 2.45) is 10.8 Å². The van der Waals surface area contributed by atoms with Crippen LogP contribution in [0.4, 0.5) is 4.79 Å². The molecule has 6 nitrogen and oxygen atoms in total. The molecule has 0 aliphatic carbocycles. The van der Waals surface area contributed by atoms with E-state index < -0.39 is 6.03 Å². The molecule has 0 aliphatic rings. The maximum atomic E-state index is 10.7. The number of urea groups is 1.